The monoisotopic (exact) mass is 666 g/mol. The molecule has 0 aliphatic heterocycles. The van der Waals surface area contributed by atoms with Crippen LogP contribution in [-0.4, -0.2) is 48.0 Å². The maximum atomic E-state index is 13.0. The lowest BCUT2D eigenvalue weighted by molar-refractivity contribution is -0.118. The van der Waals surface area contributed by atoms with E-state index in [2.05, 4.69) is 10.3 Å². The minimum Gasteiger partial charge on any atom is -0.457 e. The maximum absolute atomic E-state index is 13.0. The Morgan fingerprint density at radius 2 is 1.49 bits per heavy atom. The number of aromatic nitrogens is 2. The van der Waals surface area contributed by atoms with Crippen molar-refractivity contribution in [2.24, 2.45) is 22.2 Å². The average molecular weight is 667 g/mol. The van der Waals surface area contributed by atoms with Crippen LogP contribution in [0.3, 0.4) is 0 Å². The van der Waals surface area contributed by atoms with Gasteiger partial charge in [0.25, 0.3) is 5.91 Å². The summed E-state index contributed by atoms with van der Waals surface area (Å²) >= 11 is 0. The van der Waals surface area contributed by atoms with Crippen LogP contribution in [0.1, 0.15) is 51.4 Å². The average Bonchev–Trinajstić information content (AvgIpc) is 3.47. The van der Waals surface area contributed by atoms with Crippen molar-refractivity contribution in [3.63, 3.8) is 0 Å². The highest BCUT2D eigenvalue weighted by molar-refractivity contribution is 6.06. The van der Waals surface area contributed by atoms with Gasteiger partial charge in [-0.15, -0.1) is 0 Å². The highest BCUT2D eigenvalue weighted by Crippen LogP contribution is 2.30. The molecule has 5 aromatic rings. The van der Waals surface area contributed by atoms with Crippen LogP contribution in [0.25, 0.3) is 22.4 Å². The molecule has 260 valence electrons. The third-order valence-corrected chi connectivity index (χ3v) is 6.56. The maximum Gasteiger partial charge on any atom is 0.255 e. The third kappa shape index (κ3) is 12.0. The smallest absolute Gasteiger partial charge is 0.255 e. The van der Waals surface area contributed by atoms with Crippen LogP contribution in [0.15, 0.2) is 102 Å². The number of hydrogen-bond donors (Lipinski definition) is 4. The standard InChI is InChI=1S/C30H27N5O3.C4H11N3.2C2H6/c1-34(2)23-14-12-22(13-15-23)32-30(37)21-11-16-27-26(18-21)33-29(35(27)19-28(31)36)20-7-6-10-25(17-20)38-24-8-4-3-5-9-24;1-2-3-7-4(5)6;2*1-2/h3-18H,19H2,1-2H3,(H2,31,36)(H,32,37);2-3H2,1H3,(H4,5,6,7);2*1-2H3. The van der Waals surface area contributed by atoms with Gasteiger partial charge < -0.3 is 36.7 Å². The van der Waals surface area contributed by atoms with Gasteiger partial charge in [0.05, 0.1) is 11.0 Å². The number of guanidine groups is 1. The lowest BCUT2D eigenvalue weighted by Gasteiger charge is -2.13. The number of ether oxygens (including phenoxy) is 1. The first-order valence-electron chi connectivity index (χ1n) is 16.4. The van der Waals surface area contributed by atoms with E-state index in [0.717, 1.165) is 24.2 Å². The van der Waals surface area contributed by atoms with Gasteiger partial charge in [-0.2, -0.15) is 0 Å². The van der Waals surface area contributed by atoms with Crippen molar-refractivity contribution >= 4 is 40.2 Å². The molecule has 0 aliphatic carbocycles. The van der Waals surface area contributed by atoms with E-state index in [1.165, 1.54) is 0 Å². The SMILES string of the molecule is CC.CC.CCCN=C(N)N.CN(C)c1ccc(NC(=O)c2ccc3c(c2)nc(-c2cccc(Oc4ccccc4)c2)n3CC(N)=O)cc1. The summed E-state index contributed by atoms with van der Waals surface area (Å²) in [5.74, 6) is 1.32. The molecule has 1 heterocycles. The van der Waals surface area contributed by atoms with Gasteiger partial charge in [-0.1, -0.05) is 65.0 Å². The minimum absolute atomic E-state index is 0.0562. The number of nitrogens with two attached hydrogens (primary N) is 3. The highest BCUT2D eigenvalue weighted by atomic mass is 16.5. The van der Waals surface area contributed by atoms with Crippen LogP contribution in [0, 0.1) is 0 Å². The summed E-state index contributed by atoms with van der Waals surface area (Å²) in [6, 6.07) is 29.7. The van der Waals surface area contributed by atoms with Crippen molar-refractivity contribution in [3.05, 3.63) is 103 Å². The van der Waals surface area contributed by atoms with Crippen molar-refractivity contribution in [2.45, 2.75) is 47.6 Å². The van der Waals surface area contributed by atoms with Gasteiger partial charge in [0.1, 0.15) is 23.9 Å². The van der Waals surface area contributed by atoms with Gasteiger partial charge in [0.2, 0.25) is 5.91 Å². The molecule has 0 atom stereocenters. The molecule has 0 fully saturated rings. The van der Waals surface area contributed by atoms with Crippen molar-refractivity contribution in [3.8, 4) is 22.9 Å². The largest absolute Gasteiger partial charge is 0.457 e. The summed E-state index contributed by atoms with van der Waals surface area (Å²) in [6.07, 6.45) is 0.998. The summed E-state index contributed by atoms with van der Waals surface area (Å²) in [5, 5.41) is 2.92. The number of imidazole rings is 1. The first kappa shape index (κ1) is 39.3. The van der Waals surface area contributed by atoms with Gasteiger partial charge in [0.15, 0.2) is 5.96 Å². The molecule has 1 aromatic heterocycles. The first-order valence-corrected chi connectivity index (χ1v) is 16.4. The predicted molar refractivity (Wildman–Crippen MR) is 203 cm³/mol. The Morgan fingerprint density at radius 1 is 0.837 bits per heavy atom. The van der Waals surface area contributed by atoms with Crippen LogP contribution in [0.4, 0.5) is 11.4 Å². The minimum atomic E-state index is -0.495. The molecular formula is C38H50N8O3. The molecule has 7 N–H and O–H groups in total. The predicted octanol–water partition coefficient (Wildman–Crippen LogP) is 7.02. The molecule has 5 rings (SSSR count). The van der Waals surface area contributed by atoms with Gasteiger partial charge in [-0.3, -0.25) is 14.6 Å². The van der Waals surface area contributed by atoms with E-state index in [1.807, 2.05) is 132 Å². The lowest BCUT2D eigenvalue weighted by Crippen LogP contribution is -2.22. The Kier molecular flexibility index (Phi) is 16.4. The molecule has 0 spiro atoms. The number of nitrogens with zero attached hydrogens (tertiary/aromatic N) is 4. The van der Waals surface area contributed by atoms with E-state index in [9.17, 15) is 9.59 Å². The summed E-state index contributed by atoms with van der Waals surface area (Å²) in [7, 11) is 3.92. The molecule has 2 amide bonds. The molecule has 0 unspecified atom stereocenters. The summed E-state index contributed by atoms with van der Waals surface area (Å²) in [6.45, 7) is 10.7. The molecule has 0 saturated carbocycles. The fourth-order valence-electron chi connectivity index (χ4n) is 4.42. The Morgan fingerprint density at radius 3 is 2.06 bits per heavy atom. The van der Waals surface area contributed by atoms with Crippen LogP contribution in [-0.2, 0) is 11.3 Å². The zero-order valence-corrected chi connectivity index (χ0v) is 29.6. The van der Waals surface area contributed by atoms with E-state index in [0.29, 0.717) is 39.6 Å². The fourth-order valence-corrected chi connectivity index (χ4v) is 4.42. The van der Waals surface area contributed by atoms with Crippen molar-refractivity contribution in [1.29, 1.82) is 0 Å². The second-order valence-electron chi connectivity index (χ2n) is 10.3. The summed E-state index contributed by atoms with van der Waals surface area (Å²) in [5.41, 5.74) is 19.8. The Bertz CT molecular complexity index is 1780. The number of fused-ring (bicyclic) bond motifs is 1. The van der Waals surface area contributed by atoms with Gasteiger partial charge in [-0.05, 0) is 73.2 Å². The molecule has 11 heteroatoms. The van der Waals surface area contributed by atoms with Gasteiger partial charge >= 0.3 is 0 Å². The zero-order valence-electron chi connectivity index (χ0n) is 29.6. The van der Waals surface area contributed by atoms with E-state index < -0.39 is 5.91 Å². The molecule has 0 aliphatic rings. The van der Waals surface area contributed by atoms with Crippen molar-refractivity contribution in [2.75, 3.05) is 30.9 Å². The number of nitrogens with one attached hydrogen (secondary N) is 1. The molecule has 11 nitrogen and oxygen atoms in total. The quantitative estimate of drug-likeness (QED) is 0.0918. The number of hydrogen-bond acceptors (Lipinski definition) is 6. The van der Waals surface area contributed by atoms with Crippen LogP contribution in [0.5, 0.6) is 11.5 Å². The van der Waals surface area contributed by atoms with E-state index in [1.54, 1.807) is 22.8 Å². The van der Waals surface area contributed by atoms with E-state index in [-0.39, 0.29) is 18.4 Å². The number of carbonyl (C=O) groups is 2. The molecule has 0 bridgehead atoms. The molecular weight excluding hydrogens is 616 g/mol. The Balaban J connectivity index is 0.000000667. The number of rotatable bonds is 10. The normalized spacial score (nSPS) is 9.78. The zero-order chi connectivity index (χ0) is 36.3. The Labute approximate surface area is 289 Å². The number of carbonyl (C=O) groups excluding carboxylic acids is 2. The summed E-state index contributed by atoms with van der Waals surface area (Å²) < 4.78 is 7.73. The first-order chi connectivity index (χ1) is 23.6. The molecule has 4 aromatic carbocycles. The summed E-state index contributed by atoms with van der Waals surface area (Å²) in [4.78, 5) is 35.4. The molecule has 0 saturated heterocycles. The molecule has 0 radical (unpaired) electrons. The Hall–Kier alpha value is -5.84. The van der Waals surface area contributed by atoms with E-state index in [4.69, 9.17) is 26.9 Å². The number of aliphatic imine (C=N–C) groups is 1. The lowest BCUT2D eigenvalue weighted by atomic mass is 10.1. The van der Waals surface area contributed by atoms with Crippen LogP contribution < -0.4 is 32.2 Å². The third-order valence-electron chi connectivity index (χ3n) is 6.56. The topological polar surface area (TPSA) is 167 Å². The van der Waals surface area contributed by atoms with Crippen LogP contribution in [0.2, 0.25) is 0 Å². The number of benzene rings is 4. The number of amides is 2. The second kappa shape index (κ2) is 20.4. The number of anilines is 2. The van der Waals surface area contributed by atoms with Crippen molar-refractivity contribution in [1.82, 2.24) is 9.55 Å². The number of para-hydroxylation sites is 1. The number of primary amides is 1. The molecule has 49 heavy (non-hydrogen) atoms. The van der Waals surface area contributed by atoms with Crippen molar-refractivity contribution < 1.29 is 14.3 Å². The second-order valence-corrected chi connectivity index (χ2v) is 10.3. The highest BCUT2D eigenvalue weighted by Gasteiger charge is 2.17. The fraction of sp³-hybridized carbons (Fsp3) is 0.263. The van der Waals surface area contributed by atoms with Gasteiger partial charge in [0, 0.05) is 43.1 Å². The van der Waals surface area contributed by atoms with Gasteiger partial charge in [-0.25, -0.2) is 4.98 Å². The van der Waals surface area contributed by atoms with Crippen LogP contribution >= 0.6 is 0 Å². The van der Waals surface area contributed by atoms with E-state index >= 15 is 0 Å².